The van der Waals surface area contributed by atoms with E-state index in [9.17, 15) is 4.79 Å². The molecule has 0 spiro atoms. The molecule has 70 valence electrons. The number of carbonyl (C=O) groups is 1. The Hall–Kier alpha value is -0.570. The molecule has 3 heteroatoms. The Morgan fingerprint density at radius 1 is 1.67 bits per heavy atom. The van der Waals surface area contributed by atoms with Gasteiger partial charge in [-0.15, -0.1) is 0 Å². The van der Waals surface area contributed by atoms with Crippen molar-refractivity contribution in [3.05, 3.63) is 0 Å². The lowest BCUT2D eigenvalue weighted by atomic mass is 10.1. The molecule has 1 atom stereocenters. The summed E-state index contributed by atoms with van der Waals surface area (Å²) in [6, 6.07) is -0.398. The monoisotopic (exact) mass is 171 g/mol. The fraction of sp³-hybridized carbons (Fsp3) is 0.889. The summed E-state index contributed by atoms with van der Waals surface area (Å²) in [6.45, 7) is 2.22. The first kappa shape index (κ1) is 9.52. The molecule has 0 aromatic rings. The number of carbonyl (C=O) groups excluding carboxylic acids is 1. The van der Waals surface area contributed by atoms with Crippen molar-refractivity contribution in [3.8, 4) is 0 Å². The lowest BCUT2D eigenvalue weighted by Crippen LogP contribution is -2.32. The van der Waals surface area contributed by atoms with E-state index in [1.807, 2.05) is 0 Å². The van der Waals surface area contributed by atoms with Gasteiger partial charge in [0.2, 0.25) is 0 Å². The predicted octanol–water partition coefficient (Wildman–Crippen LogP) is 1.07. The van der Waals surface area contributed by atoms with Gasteiger partial charge in [-0.3, -0.25) is 4.79 Å². The largest absolute Gasteiger partial charge is 0.465 e. The molecule has 1 aliphatic carbocycles. The third-order valence-corrected chi connectivity index (χ3v) is 2.17. The molecule has 0 heterocycles. The number of rotatable bonds is 5. The lowest BCUT2D eigenvalue weighted by molar-refractivity contribution is -0.144. The number of nitrogens with two attached hydrogens (primary N) is 1. The third-order valence-electron chi connectivity index (χ3n) is 2.17. The number of ether oxygens (including phenoxy) is 1. The molecule has 12 heavy (non-hydrogen) atoms. The summed E-state index contributed by atoms with van der Waals surface area (Å²) in [5, 5.41) is 0. The minimum absolute atomic E-state index is 0.252. The second kappa shape index (κ2) is 4.45. The first-order valence-electron chi connectivity index (χ1n) is 4.66. The Kier molecular flexibility index (Phi) is 3.53. The summed E-state index contributed by atoms with van der Waals surface area (Å²) in [7, 11) is 0. The fourth-order valence-corrected chi connectivity index (χ4v) is 1.19. The van der Waals surface area contributed by atoms with E-state index in [0.717, 1.165) is 18.8 Å². The Morgan fingerprint density at radius 2 is 2.33 bits per heavy atom. The van der Waals surface area contributed by atoms with Gasteiger partial charge in [0.1, 0.15) is 6.04 Å². The van der Waals surface area contributed by atoms with Gasteiger partial charge in [0.15, 0.2) is 0 Å². The zero-order valence-electron chi connectivity index (χ0n) is 7.58. The van der Waals surface area contributed by atoms with Crippen LogP contribution in [0.3, 0.4) is 0 Å². The fourth-order valence-electron chi connectivity index (χ4n) is 1.19. The molecule has 0 aromatic heterocycles. The van der Waals surface area contributed by atoms with Crippen LogP contribution in [-0.4, -0.2) is 18.6 Å². The molecule has 1 fully saturated rings. The average molecular weight is 171 g/mol. The van der Waals surface area contributed by atoms with Gasteiger partial charge in [-0.2, -0.15) is 0 Å². The molecule has 0 amide bonds. The Bertz CT molecular complexity index is 155. The molecule has 2 N–H and O–H groups in total. The van der Waals surface area contributed by atoms with Gasteiger partial charge >= 0.3 is 5.97 Å². The summed E-state index contributed by atoms with van der Waals surface area (Å²) in [4.78, 5) is 11.0. The average Bonchev–Trinajstić information content (AvgIpc) is 2.83. The quantitative estimate of drug-likeness (QED) is 0.629. The molecular weight excluding hydrogens is 154 g/mol. The van der Waals surface area contributed by atoms with E-state index in [0.29, 0.717) is 6.61 Å². The highest BCUT2D eigenvalue weighted by Gasteiger charge is 2.23. The number of hydrogen-bond donors (Lipinski definition) is 1. The molecule has 0 bridgehead atoms. The van der Waals surface area contributed by atoms with Crippen LogP contribution < -0.4 is 5.73 Å². The van der Waals surface area contributed by atoms with Crippen LogP contribution in [-0.2, 0) is 9.53 Å². The molecule has 0 radical (unpaired) electrons. The second-order valence-electron chi connectivity index (χ2n) is 3.38. The van der Waals surface area contributed by atoms with Crippen molar-refractivity contribution in [2.45, 2.75) is 38.6 Å². The van der Waals surface area contributed by atoms with Crippen LogP contribution in [0.2, 0.25) is 0 Å². The zero-order chi connectivity index (χ0) is 8.97. The summed E-state index contributed by atoms with van der Waals surface area (Å²) in [6.07, 6.45) is 4.49. The molecule has 1 unspecified atom stereocenters. The van der Waals surface area contributed by atoms with Crippen LogP contribution in [0.5, 0.6) is 0 Å². The summed E-state index contributed by atoms with van der Waals surface area (Å²) in [5.41, 5.74) is 5.60. The molecule has 0 aromatic carbocycles. The van der Waals surface area contributed by atoms with Gasteiger partial charge in [-0.25, -0.2) is 0 Å². The molecule has 0 saturated heterocycles. The van der Waals surface area contributed by atoms with Gasteiger partial charge in [0, 0.05) is 0 Å². The van der Waals surface area contributed by atoms with Crippen molar-refractivity contribution in [1.82, 2.24) is 0 Å². The molecule has 1 aliphatic rings. The zero-order valence-corrected chi connectivity index (χ0v) is 7.58. The van der Waals surface area contributed by atoms with Crippen LogP contribution in [0.1, 0.15) is 32.6 Å². The van der Waals surface area contributed by atoms with Gasteiger partial charge < -0.3 is 10.5 Å². The maximum absolute atomic E-state index is 11.0. The van der Waals surface area contributed by atoms with Gasteiger partial charge in [0.25, 0.3) is 0 Å². The lowest BCUT2D eigenvalue weighted by Gasteiger charge is -2.09. The minimum Gasteiger partial charge on any atom is -0.465 e. The first-order valence-corrected chi connectivity index (χ1v) is 4.66. The highest BCUT2D eigenvalue weighted by atomic mass is 16.5. The van der Waals surface area contributed by atoms with Crippen molar-refractivity contribution >= 4 is 5.97 Å². The molecular formula is C9H17NO2. The first-order chi connectivity index (χ1) is 5.74. The van der Waals surface area contributed by atoms with E-state index in [2.05, 4.69) is 0 Å². The molecule has 0 aliphatic heterocycles. The maximum atomic E-state index is 11.0. The maximum Gasteiger partial charge on any atom is 0.322 e. The normalized spacial score (nSPS) is 18.8. The number of hydrogen-bond acceptors (Lipinski definition) is 3. The van der Waals surface area contributed by atoms with Crippen molar-refractivity contribution < 1.29 is 9.53 Å². The smallest absolute Gasteiger partial charge is 0.322 e. The summed E-state index contributed by atoms with van der Waals surface area (Å²) < 4.78 is 4.79. The van der Waals surface area contributed by atoms with Crippen LogP contribution in [0, 0.1) is 5.92 Å². The van der Waals surface area contributed by atoms with E-state index < -0.39 is 6.04 Å². The van der Waals surface area contributed by atoms with Crippen LogP contribution in [0.15, 0.2) is 0 Å². The van der Waals surface area contributed by atoms with Crippen LogP contribution in [0.25, 0.3) is 0 Å². The van der Waals surface area contributed by atoms with Crippen molar-refractivity contribution in [1.29, 1.82) is 0 Å². The highest BCUT2D eigenvalue weighted by molar-refractivity contribution is 5.75. The van der Waals surface area contributed by atoms with Crippen molar-refractivity contribution in [2.75, 3.05) is 6.61 Å². The SMILES string of the molecule is CCOC(=O)C(N)CCC1CC1. The standard InChI is InChI=1S/C9H17NO2/c1-2-12-9(11)8(10)6-5-7-3-4-7/h7-8H,2-6,10H2,1H3. The van der Waals surface area contributed by atoms with Crippen LogP contribution in [0.4, 0.5) is 0 Å². The topological polar surface area (TPSA) is 52.3 Å². The van der Waals surface area contributed by atoms with Crippen molar-refractivity contribution in [2.24, 2.45) is 11.7 Å². The summed E-state index contributed by atoms with van der Waals surface area (Å²) in [5.74, 6) is 0.587. The van der Waals surface area contributed by atoms with Gasteiger partial charge in [0.05, 0.1) is 6.61 Å². The van der Waals surface area contributed by atoms with E-state index in [-0.39, 0.29) is 5.97 Å². The molecule has 1 saturated carbocycles. The molecule has 3 nitrogen and oxygen atoms in total. The van der Waals surface area contributed by atoms with E-state index >= 15 is 0 Å². The predicted molar refractivity (Wildman–Crippen MR) is 46.6 cm³/mol. The van der Waals surface area contributed by atoms with E-state index in [4.69, 9.17) is 10.5 Å². The van der Waals surface area contributed by atoms with Crippen LogP contribution >= 0.6 is 0 Å². The van der Waals surface area contributed by atoms with Crippen molar-refractivity contribution in [3.63, 3.8) is 0 Å². The Labute approximate surface area is 73.3 Å². The Morgan fingerprint density at radius 3 is 2.83 bits per heavy atom. The summed E-state index contributed by atoms with van der Waals surface area (Å²) >= 11 is 0. The van der Waals surface area contributed by atoms with Gasteiger partial charge in [-0.1, -0.05) is 12.8 Å². The number of esters is 1. The van der Waals surface area contributed by atoms with E-state index in [1.165, 1.54) is 12.8 Å². The minimum atomic E-state index is -0.398. The third kappa shape index (κ3) is 3.22. The second-order valence-corrected chi connectivity index (χ2v) is 3.38. The highest BCUT2D eigenvalue weighted by Crippen LogP contribution is 2.33. The van der Waals surface area contributed by atoms with E-state index in [1.54, 1.807) is 6.92 Å². The van der Waals surface area contributed by atoms with Gasteiger partial charge in [-0.05, 0) is 25.7 Å². The Balaban J connectivity index is 2.07. The molecule has 1 rings (SSSR count).